The quantitative estimate of drug-likeness (QED) is 0.425. The lowest BCUT2D eigenvalue weighted by molar-refractivity contribution is -0.163. The normalized spacial score (nSPS) is 27.6. The summed E-state index contributed by atoms with van der Waals surface area (Å²) < 4.78 is 0. The maximum Gasteiger partial charge on any atom is 0.352 e. The summed E-state index contributed by atoms with van der Waals surface area (Å²) in [5.41, 5.74) is 1.97. The summed E-state index contributed by atoms with van der Waals surface area (Å²) in [6, 6.07) is 3.17. The Hall–Kier alpha value is -2.62. The molecule has 1 aromatic carbocycles. The largest absolute Gasteiger partial charge is 0.506 e. The molecule has 10 heteroatoms. The van der Waals surface area contributed by atoms with Crippen molar-refractivity contribution < 1.29 is 29.7 Å². The van der Waals surface area contributed by atoms with Crippen LogP contribution >= 0.6 is 11.6 Å². The molecule has 1 aromatic rings. The number of β-lactam (4-membered cyclic amide) rings is 1. The first-order chi connectivity index (χ1) is 16.0. The van der Waals surface area contributed by atoms with E-state index in [0.29, 0.717) is 42.8 Å². The Morgan fingerprint density at radius 1 is 1.32 bits per heavy atom. The number of nitrogens with zero attached hydrogens (tertiary/aromatic N) is 2. The number of phenols is 1. The molecule has 4 N–H and O–H groups in total. The average Bonchev–Trinajstić information content (AvgIpc) is 3.33. The van der Waals surface area contributed by atoms with Gasteiger partial charge in [0.25, 0.3) is 0 Å². The van der Waals surface area contributed by atoms with Gasteiger partial charge in [-0.25, -0.2) is 4.79 Å². The van der Waals surface area contributed by atoms with E-state index in [4.69, 9.17) is 11.6 Å². The van der Waals surface area contributed by atoms with Gasteiger partial charge in [0.05, 0.1) is 29.0 Å². The van der Waals surface area contributed by atoms with E-state index in [2.05, 4.69) is 5.32 Å². The van der Waals surface area contributed by atoms with Gasteiger partial charge in [-0.1, -0.05) is 30.7 Å². The predicted octanol–water partition coefficient (Wildman–Crippen LogP) is 1.49. The molecule has 2 saturated heterocycles. The monoisotopic (exact) mass is 491 g/mol. The van der Waals surface area contributed by atoms with E-state index in [1.54, 1.807) is 26.0 Å². The number of aromatic hydroxyl groups is 1. The van der Waals surface area contributed by atoms with Crippen LogP contribution in [0.2, 0.25) is 5.02 Å². The van der Waals surface area contributed by atoms with E-state index in [0.717, 1.165) is 0 Å². The lowest BCUT2D eigenvalue weighted by Crippen LogP contribution is -2.63. The minimum Gasteiger partial charge on any atom is -0.506 e. The fourth-order valence-electron chi connectivity index (χ4n) is 5.45. The Morgan fingerprint density at radius 2 is 2.03 bits per heavy atom. The van der Waals surface area contributed by atoms with Gasteiger partial charge in [-0.2, -0.15) is 0 Å². The third-order valence-electron chi connectivity index (χ3n) is 7.41. The van der Waals surface area contributed by atoms with Crippen molar-refractivity contribution in [3.05, 3.63) is 39.6 Å². The molecule has 184 valence electrons. The molecule has 34 heavy (non-hydrogen) atoms. The number of hydrogen-bond acceptors (Lipinski definition) is 6. The Bertz CT molecular complexity index is 1070. The van der Waals surface area contributed by atoms with Crippen molar-refractivity contribution in [1.82, 2.24) is 15.1 Å². The summed E-state index contributed by atoms with van der Waals surface area (Å²) in [7, 11) is 0. The number of aliphatic carboxylic acids is 1. The zero-order chi connectivity index (χ0) is 24.9. The summed E-state index contributed by atoms with van der Waals surface area (Å²) in [6.07, 6.45) is -0.208. The van der Waals surface area contributed by atoms with Gasteiger partial charge in [0.15, 0.2) is 0 Å². The second kappa shape index (κ2) is 9.20. The lowest BCUT2D eigenvalue weighted by Gasteiger charge is -2.46. The number of likely N-dealkylation sites (tertiary alicyclic amines) is 1. The number of fused-ring (bicyclic) bond motifs is 1. The van der Waals surface area contributed by atoms with Crippen molar-refractivity contribution in [2.45, 2.75) is 45.9 Å². The number of amides is 2. The van der Waals surface area contributed by atoms with Crippen LogP contribution in [0.15, 0.2) is 23.4 Å². The molecule has 0 spiro atoms. The lowest BCUT2D eigenvalue weighted by atomic mass is 9.77. The van der Waals surface area contributed by atoms with Gasteiger partial charge in [0, 0.05) is 25.6 Å². The number of aryl methyl sites for hydroxylation is 1. The standard InChI is InChI=1S/C24H30ClN3O6/c1-11-4-5-14(18(25)21(11)30)8-26-22(31)15-6-7-27(9-15)10-16-12(2)19-17(13(3)29)23(32)28(19)20(16)24(33)34/h4-5,12-13,15,17,19,29-30H,6-10H2,1-3H3,(H,26,31)(H,33,34)/t12-,13+,15-,17+,19+/m0/s1. The molecule has 0 bridgehead atoms. The summed E-state index contributed by atoms with van der Waals surface area (Å²) in [4.78, 5) is 40.6. The van der Waals surface area contributed by atoms with Crippen LogP contribution in [0.4, 0.5) is 0 Å². The Labute approximate surface area is 203 Å². The van der Waals surface area contributed by atoms with Gasteiger partial charge in [0.2, 0.25) is 11.8 Å². The summed E-state index contributed by atoms with van der Waals surface area (Å²) in [6.45, 7) is 6.86. The highest BCUT2D eigenvalue weighted by atomic mass is 35.5. The van der Waals surface area contributed by atoms with Crippen molar-refractivity contribution in [3.63, 3.8) is 0 Å². The van der Waals surface area contributed by atoms with Crippen LogP contribution in [0.5, 0.6) is 5.75 Å². The zero-order valence-electron chi connectivity index (χ0n) is 19.4. The van der Waals surface area contributed by atoms with Crippen molar-refractivity contribution in [2.75, 3.05) is 19.6 Å². The SMILES string of the molecule is Cc1ccc(CNC(=O)[C@H]2CCN(CC3=C(C(=O)O)N4C(=O)[C@H]([C@@H](C)O)[C@H]4[C@H]3C)C2)c(Cl)c1O. The number of aliphatic hydroxyl groups excluding tert-OH is 1. The molecule has 4 rings (SSSR count). The molecule has 0 unspecified atom stereocenters. The molecule has 9 nitrogen and oxygen atoms in total. The number of carboxylic acids is 1. The minimum absolute atomic E-state index is 0.00895. The van der Waals surface area contributed by atoms with E-state index in [9.17, 15) is 29.7 Å². The molecule has 3 aliphatic rings. The minimum atomic E-state index is -1.14. The van der Waals surface area contributed by atoms with Crippen molar-refractivity contribution in [1.29, 1.82) is 0 Å². The maximum absolute atomic E-state index is 12.7. The topological polar surface area (TPSA) is 130 Å². The highest BCUT2D eigenvalue weighted by molar-refractivity contribution is 6.32. The molecule has 3 aliphatic heterocycles. The molecule has 3 heterocycles. The van der Waals surface area contributed by atoms with Crippen LogP contribution in [-0.4, -0.2) is 74.7 Å². The first kappa shape index (κ1) is 24.5. The van der Waals surface area contributed by atoms with Gasteiger partial charge in [-0.3, -0.25) is 14.5 Å². The first-order valence-corrected chi connectivity index (χ1v) is 11.8. The molecular formula is C24H30ClN3O6. The predicted molar refractivity (Wildman–Crippen MR) is 124 cm³/mol. The number of carboxylic acid groups (broad SMARTS) is 1. The summed E-state index contributed by atoms with van der Waals surface area (Å²) >= 11 is 6.18. The summed E-state index contributed by atoms with van der Waals surface area (Å²) in [5.74, 6) is -2.65. The van der Waals surface area contributed by atoms with Crippen molar-refractivity contribution in [2.24, 2.45) is 17.8 Å². The number of carbonyl (C=O) groups is 3. The number of phenolic OH excluding ortho intramolecular Hbond substituents is 1. The third-order valence-corrected chi connectivity index (χ3v) is 7.83. The van der Waals surface area contributed by atoms with Crippen LogP contribution in [0, 0.1) is 24.7 Å². The van der Waals surface area contributed by atoms with E-state index < -0.39 is 18.0 Å². The Balaban J connectivity index is 1.39. The fourth-order valence-corrected chi connectivity index (χ4v) is 5.73. The van der Waals surface area contributed by atoms with Crippen LogP contribution < -0.4 is 5.32 Å². The van der Waals surface area contributed by atoms with Crippen molar-refractivity contribution in [3.8, 4) is 5.75 Å². The molecular weight excluding hydrogens is 462 g/mol. The van der Waals surface area contributed by atoms with Gasteiger partial charge >= 0.3 is 5.97 Å². The number of hydrogen-bond donors (Lipinski definition) is 4. The molecule has 0 radical (unpaired) electrons. The fraction of sp³-hybridized carbons (Fsp3) is 0.542. The summed E-state index contributed by atoms with van der Waals surface area (Å²) in [5, 5.41) is 32.9. The molecule has 5 atom stereocenters. The van der Waals surface area contributed by atoms with E-state index in [1.165, 1.54) is 4.90 Å². The highest BCUT2D eigenvalue weighted by Crippen LogP contribution is 2.47. The van der Waals surface area contributed by atoms with Gasteiger partial charge in [-0.15, -0.1) is 0 Å². The maximum atomic E-state index is 12.7. The van der Waals surface area contributed by atoms with E-state index in [-0.39, 0.29) is 52.7 Å². The van der Waals surface area contributed by atoms with Crippen LogP contribution in [0.3, 0.4) is 0 Å². The number of benzene rings is 1. The highest BCUT2D eigenvalue weighted by Gasteiger charge is 2.59. The second-order valence-electron chi connectivity index (χ2n) is 9.58. The zero-order valence-corrected chi connectivity index (χ0v) is 20.2. The molecule has 0 saturated carbocycles. The average molecular weight is 492 g/mol. The molecule has 0 aromatic heterocycles. The van der Waals surface area contributed by atoms with Crippen LogP contribution in [-0.2, 0) is 20.9 Å². The van der Waals surface area contributed by atoms with Gasteiger partial charge in [0.1, 0.15) is 11.4 Å². The number of rotatable bonds is 7. The number of carbonyl (C=O) groups excluding carboxylic acids is 2. The molecule has 2 amide bonds. The van der Waals surface area contributed by atoms with Gasteiger partial charge < -0.3 is 25.5 Å². The first-order valence-electron chi connectivity index (χ1n) is 11.5. The van der Waals surface area contributed by atoms with Crippen molar-refractivity contribution >= 4 is 29.4 Å². The van der Waals surface area contributed by atoms with Gasteiger partial charge in [-0.05, 0) is 43.5 Å². The third kappa shape index (κ3) is 4.06. The number of aliphatic hydroxyl groups is 1. The number of halogens is 1. The Kier molecular flexibility index (Phi) is 6.63. The molecule has 0 aliphatic carbocycles. The smallest absolute Gasteiger partial charge is 0.352 e. The Morgan fingerprint density at radius 3 is 2.68 bits per heavy atom. The van der Waals surface area contributed by atoms with E-state index >= 15 is 0 Å². The van der Waals surface area contributed by atoms with Crippen LogP contribution in [0.1, 0.15) is 31.4 Å². The number of nitrogens with one attached hydrogen (secondary N) is 1. The van der Waals surface area contributed by atoms with Crippen LogP contribution in [0.25, 0.3) is 0 Å². The molecule has 2 fully saturated rings. The van der Waals surface area contributed by atoms with E-state index in [1.807, 2.05) is 11.8 Å². The second-order valence-corrected chi connectivity index (χ2v) is 9.95.